The molecule has 0 fully saturated rings. The monoisotopic (exact) mass is 401 g/mol. The highest BCUT2D eigenvalue weighted by atomic mass is 19.3. The lowest BCUT2D eigenvalue weighted by Gasteiger charge is -2.06. The topological polar surface area (TPSA) is 81.7 Å². The van der Waals surface area contributed by atoms with Crippen molar-refractivity contribution < 1.29 is 32.6 Å². The van der Waals surface area contributed by atoms with Crippen LogP contribution in [-0.2, 0) is 14.3 Å². The summed E-state index contributed by atoms with van der Waals surface area (Å²) in [5.41, 5.74) is 2.31. The smallest absolute Gasteiger partial charge is 0.387 e. The zero-order valence-electron chi connectivity index (χ0n) is 15.4. The maximum absolute atomic E-state index is 12.3. The number of fused-ring (bicyclic) bond motifs is 1. The van der Waals surface area contributed by atoms with Crippen LogP contribution in [0.3, 0.4) is 0 Å². The lowest BCUT2D eigenvalue weighted by Crippen LogP contribution is -2.13. The molecule has 0 unspecified atom stereocenters. The molecule has 150 valence electrons. The predicted octanol–water partition coefficient (Wildman–Crippen LogP) is 3.78. The van der Waals surface area contributed by atoms with Crippen LogP contribution < -0.4 is 10.1 Å². The zero-order valence-corrected chi connectivity index (χ0v) is 15.4. The van der Waals surface area contributed by atoms with Crippen molar-refractivity contribution in [3.05, 3.63) is 65.2 Å². The molecule has 0 spiro atoms. The fraction of sp³-hybridized carbons (Fsp3) is 0.190. The summed E-state index contributed by atoms with van der Waals surface area (Å²) in [5, 5.41) is 2.72. The van der Waals surface area contributed by atoms with Crippen molar-refractivity contribution in [1.29, 1.82) is 0 Å². The molecule has 1 aliphatic heterocycles. The average molecular weight is 401 g/mol. The molecule has 6 nitrogen and oxygen atoms in total. The first-order valence-corrected chi connectivity index (χ1v) is 8.71. The quantitative estimate of drug-likeness (QED) is 0.434. The van der Waals surface area contributed by atoms with Crippen LogP contribution in [0.2, 0.25) is 0 Å². The summed E-state index contributed by atoms with van der Waals surface area (Å²) < 4.78 is 33.4. The minimum atomic E-state index is -2.91. The van der Waals surface area contributed by atoms with Gasteiger partial charge in [-0.3, -0.25) is 9.59 Å². The van der Waals surface area contributed by atoms with Crippen LogP contribution in [0.1, 0.15) is 34.3 Å². The molecule has 0 saturated heterocycles. The van der Waals surface area contributed by atoms with Gasteiger partial charge in [0.25, 0.3) is 0 Å². The zero-order chi connectivity index (χ0) is 21.0. The third kappa shape index (κ3) is 5.04. The Labute approximate surface area is 165 Å². The number of alkyl halides is 2. The van der Waals surface area contributed by atoms with E-state index in [2.05, 4.69) is 10.1 Å². The highest BCUT2D eigenvalue weighted by Gasteiger charge is 2.27. The molecule has 0 saturated carbocycles. The van der Waals surface area contributed by atoms with Crippen molar-refractivity contribution in [2.75, 3.05) is 11.9 Å². The van der Waals surface area contributed by atoms with E-state index in [1.807, 2.05) is 0 Å². The molecule has 3 rings (SSSR count). The molecule has 0 aromatic heterocycles. The van der Waals surface area contributed by atoms with Crippen LogP contribution in [0.15, 0.2) is 48.5 Å². The maximum atomic E-state index is 12.3. The number of ether oxygens (including phenoxy) is 2. The third-order valence-corrected chi connectivity index (χ3v) is 4.35. The van der Waals surface area contributed by atoms with E-state index in [4.69, 9.17) is 4.74 Å². The number of carbonyl (C=O) groups is 3. The van der Waals surface area contributed by atoms with E-state index in [-0.39, 0.29) is 17.6 Å². The van der Waals surface area contributed by atoms with Gasteiger partial charge < -0.3 is 14.8 Å². The normalized spacial score (nSPS) is 15.3. The van der Waals surface area contributed by atoms with Crippen molar-refractivity contribution >= 4 is 29.4 Å². The Morgan fingerprint density at radius 3 is 2.59 bits per heavy atom. The molecular weight excluding hydrogens is 384 g/mol. The van der Waals surface area contributed by atoms with Gasteiger partial charge in [-0.05, 0) is 54.5 Å². The molecule has 1 heterocycles. The minimum Gasteiger partial charge on any atom is -0.454 e. The van der Waals surface area contributed by atoms with Gasteiger partial charge in [0.2, 0.25) is 5.91 Å². The van der Waals surface area contributed by atoms with Crippen LogP contribution in [0.25, 0.3) is 6.08 Å². The van der Waals surface area contributed by atoms with Gasteiger partial charge >= 0.3 is 12.6 Å². The number of esters is 1. The van der Waals surface area contributed by atoms with Crippen LogP contribution in [0, 0.1) is 0 Å². The maximum Gasteiger partial charge on any atom is 0.387 e. The Hall–Kier alpha value is -3.55. The molecule has 1 atom stereocenters. The molecule has 29 heavy (non-hydrogen) atoms. The van der Waals surface area contributed by atoms with Crippen LogP contribution in [0.4, 0.5) is 14.5 Å². The fourth-order valence-electron chi connectivity index (χ4n) is 2.78. The van der Waals surface area contributed by atoms with Gasteiger partial charge in [-0.2, -0.15) is 8.78 Å². The molecule has 2 aromatic rings. The number of carbonyl (C=O) groups excluding carboxylic acids is 3. The van der Waals surface area contributed by atoms with E-state index in [1.165, 1.54) is 30.3 Å². The Morgan fingerprint density at radius 1 is 1.17 bits per heavy atom. The molecular formula is C21H17F2NO5. The summed E-state index contributed by atoms with van der Waals surface area (Å²) >= 11 is 0. The predicted molar refractivity (Wildman–Crippen MR) is 101 cm³/mol. The number of amides is 1. The second-order valence-electron chi connectivity index (χ2n) is 6.32. The van der Waals surface area contributed by atoms with E-state index in [9.17, 15) is 23.2 Å². The second-order valence-corrected chi connectivity index (χ2v) is 6.32. The molecule has 0 bridgehead atoms. The summed E-state index contributed by atoms with van der Waals surface area (Å²) in [6, 6.07) is 10.5. The summed E-state index contributed by atoms with van der Waals surface area (Å²) in [5.74, 6) is -1.59. The first kappa shape index (κ1) is 20.2. The third-order valence-electron chi connectivity index (χ3n) is 4.35. The van der Waals surface area contributed by atoms with E-state index in [0.717, 1.165) is 11.6 Å². The van der Waals surface area contributed by atoms with Crippen molar-refractivity contribution in [1.82, 2.24) is 0 Å². The lowest BCUT2D eigenvalue weighted by atomic mass is 9.99. The largest absolute Gasteiger partial charge is 0.454 e. The Balaban J connectivity index is 1.53. The summed E-state index contributed by atoms with van der Waals surface area (Å²) in [6.45, 7) is -1.61. The van der Waals surface area contributed by atoms with Gasteiger partial charge in [-0.1, -0.05) is 12.1 Å². The van der Waals surface area contributed by atoms with Gasteiger partial charge in [0.05, 0.1) is 5.92 Å². The van der Waals surface area contributed by atoms with Crippen molar-refractivity contribution in [3.8, 4) is 5.75 Å². The van der Waals surface area contributed by atoms with Crippen LogP contribution >= 0.6 is 0 Å². The number of benzene rings is 2. The minimum absolute atomic E-state index is 0.00545. The van der Waals surface area contributed by atoms with E-state index < -0.39 is 25.0 Å². The molecule has 2 aromatic carbocycles. The van der Waals surface area contributed by atoms with Gasteiger partial charge in [0.15, 0.2) is 12.4 Å². The molecule has 0 radical (unpaired) electrons. The summed E-state index contributed by atoms with van der Waals surface area (Å²) in [4.78, 5) is 35.7. The summed E-state index contributed by atoms with van der Waals surface area (Å²) in [7, 11) is 0. The first-order chi connectivity index (χ1) is 13.8. The number of hydrogen-bond donors (Lipinski definition) is 1. The van der Waals surface area contributed by atoms with Gasteiger partial charge in [-0.25, -0.2) is 4.79 Å². The van der Waals surface area contributed by atoms with Gasteiger partial charge in [-0.15, -0.1) is 0 Å². The molecule has 0 aliphatic carbocycles. The number of halogens is 2. The average Bonchev–Trinajstić information content (AvgIpc) is 2.98. The number of Topliss-reactive ketones (excluding diaryl/α,β-unsaturated/α-hetero) is 1. The number of anilines is 1. The van der Waals surface area contributed by atoms with E-state index >= 15 is 0 Å². The highest BCUT2D eigenvalue weighted by Crippen LogP contribution is 2.32. The molecule has 1 amide bonds. The number of rotatable bonds is 7. The fourth-order valence-corrected chi connectivity index (χ4v) is 2.78. The molecule has 1 N–H and O–H groups in total. The standard InChI is InChI=1S/C21H17F2NO5/c1-12-16-10-14(5-8-17(16)24-20(12)27)18(25)11-28-19(26)9-4-13-2-6-15(7-3-13)29-21(22)23/h2-10,12,21H,11H2,1H3,(H,24,27)/b9-4+/t12-/m1/s1. The highest BCUT2D eigenvalue weighted by molar-refractivity contribution is 6.05. The van der Waals surface area contributed by atoms with Crippen molar-refractivity contribution in [2.45, 2.75) is 19.5 Å². The molecule has 1 aliphatic rings. The Morgan fingerprint density at radius 2 is 1.90 bits per heavy atom. The SMILES string of the molecule is C[C@H]1C(=O)Nc2ccc(C(=O)COC(=O)/C=C/c3ccc(OC(F)F)cc3)cc21. The van der Waals surface area contributed by atoms with Crippen molar-refractivity contribution in [2.24, 2.45) is 0 Å². The van der Waals surface area contributed by atoms with Crippen LogP contribution in [-0.4, -0.2) is 30.9 Å². The number of hydrogen-bond acceptors (Lipinski definition) is 5. The van der Waals surface area contributed by atoms with Crippen LogP contribution in [0.5, 0.6) is 5.75 Å². The number of nitrogens with one attached hydrogen (secondary N) is 1. The van der Waals surface area contributed by atoms with Gasteiger partial charge in [0.1, 0.15) is 5.75 Å². The van der Waals surface area contributed by atoms with Gasteiger partial charge in [0, 0.05) is 17.3 Å². The van der Waals surface area contributed by atoms with E-state index in [0.29, 0.717) is 16.8 Å². The van der Waals surface area contributed by atoms with E-state index in [1.54, 1.807) is 25.1 Å². The number of ketones is 1. The summed E-state index contributed by atoms with van der Waals surface area (Å²) in [6.07, 6.45) is 2.55. The van der Waals surface area contributed by atoms with Crippen molar-refractivity contribution in [3.63, 3.8) is 0 Å². The second kappa shape index (κ2) is 8.64. The first-order valence-electron chi connectivity index (χ1n) is 8.71. The Bertz CT molecular complexity index is 970. The Kier molecular flexibility index (Phi) is 6.01. The lowest BCUT2D eigenvalue weighted by molar-refractivity contribution is -0.136. The molecule has 8 heteroatoms.